The Morgan fingerprint density at radius 2 is 1.69 bits per heavy atom. The highest BCUT2D eigenvalue weighted by atomic mass is 16.7. The van der Waals surface area contributed by atoms with E-state index in [1.165, 1.54) is 24.3 Å². The van der Waals surface area contributed by atoms with Crippen LogP contribution in [0.25, 0.3) is 0 Å². The molecule has 0 heterocycles. The van der Waals surface area contributed by atoms with Crippen LogP contribution >= 0.6 is 0 Å². The fraction of sp³-hybridized carbons (Fsp3) is 0.375. The minimum Gasteiger partial charge on any atom is -0.326 e. The molecule has 2 aromatic carbocycles. The van der Waals surface area contributed by atoms with Gasteiger partial charge in [0, 0.05) is 29.7 Å². The van der Waals surface area contributed by atoms with Crippen LogP contribution in [0.15, 0.2) is 59.8 Å². The van der Waals surface area contributed by atoms with E-state index in [0.29, 0.717) is 12.1 Å². The topological polar surface area (TPSA) is 111 Å². The molecule has 32 heavy (non-hydrogen) atoms. The number of fused-ring (bicyclic) bond motifs is 2. The Balaban J connectivity index is 1.55. The highest BCUT2D eigenvalue weighted by Gasteiger charge is 2.71. The summed E-state index contributed by atoms with van der Waals surface area (Å²) in [5.41, 5.74) is 0.0499. The van der Waals surface area contributed by atoms with Crippen LogP contribution in [0.5, 0.6) is 0 Å². The average Bonchev–Trinajstić information content (AvgIpc) is 3.09. The monoisotopic (exact) mass is 435 g/mol. The van der Waals surface area contributed by atoms with Crippen LogP contribution in [0.3, 0.4) is 0 Å². The zero-order valence-electron chi connectivity index (χ0n) is 18.3. The Bertz CT molecular complexity index is 1110. The van der Waals surface area contributed by atoms with Crippen LogP contribution in [-0.2, 0) is 9.63 Å². The van der Waals surface area contributed by atoms with Crippen molar-refractivity contribution >= 4 is 29.0 Å². The Labute approximate surface area is 185 Å². The van der Waals surface area contributed by atoms with Crippen molar-refractivity contribution in [3.05, 3.63) is 70.3 Å². The maximum absolute atomic E-state index is 13.4. The maximum atomic E-state index is 13.4. The molecule has 0 aliphatic heterocycles. The van der Waals surface area contributed by atoms with Crippen LogP contribution in [-0.4, -0.2) is 22.5 Å². The Hall–Kier alpha value is -3.55. The van der Waals surface area contributed by atoms with E-state index in [1.807, 2.05) is 30.3 Å². The molecule has 2 bridgehead atoms. The number of nitrogens with one attached hydrogen (secondary N) is 1. The minimum absolute atomic E-state index is 0.0516. The highest BCUT2D eigenvalue weighted by Crippen LogP contribution is 2.71. The van der Waals surface area contributed by atoms with Gasteiger partial charge in [0.25, 0.3) is 5.69 Å². The van der Waals surface area contributed by atoms with E-state index in [9.17, 15) is 19.7 Å². The van der Waals surface area contributed by atoms with Crippen LogP contribution in [0.2, 0.25) is 0 Å². The van der Waals surface area contributed by atoms with Crippen molar-refractivity contribution in [2.24, 2.45) is 21.4 Å². The molecule has 8 nitrogen and oxygen atoms in total. The molecular formula is C24H25N3O5. The largest absolute Gasteiger partial charge is 0.365 e. The van der Waals surface area contributed by atoms with E-state index in [4.69, 9.17) is 4.84 Å². The normalized spacial score (nSPS) is 26.7. The first-order valence-electron chi connectivity index (χ1n) is 10.5. The Morgan fingerprint density at radius 1 is 1.03 bits per heavy atom. The zero-order chi connectivity index (χ0) is 23.1. The molecule has 0 radical (unpaired) electrons. The molecule has 0 aromatic heterocycles. The van der Waals surface area contributed by atoms with Crippen LogP contribution in [0, 0.1) is 26.4 Å². The van der Waals surface area contributed by atoms with Gasteiger partial charge in [0.05, 0.1) is 21.6 Å². The molecule has 4 rings (SSSR count). The number of nitrogens with zero attached hydrogens (tertiary/aromatic N) is 2. The summed E-state index contributed by atoms with van der Waals surface area (Å²) in [4.78, 5) is 41.3. The van der Waals surface area contributed by atoms with Crippen molar-refractivity contribution in [1.82, 2.24) is 0 Å². The number of oxime groups is 1. The fourth-order valence-corrected chi connectivity index (χ4v) is 5.16. The number of hydrogen-bond acceptors (Lipinski definition) is 6. The van der Waals surface area contributed by atoms with Crippen LogP contribution < -0.4 is 5.32 Å². The van der Waals surface area contributed by atoms with E-state index >= 15 is 0 Å². The minimum atomic E-state index is -0.695. The number of anilines is 1. The van der Waals surface area contributed by atoms with E-state index in [2.05, 4.69) is 31.2 Å². The van der Waals surface area contributed by atoms with Crippen molar-refractivity contribution in [2.75, 3.05) is 5.32 Å². The lowest BCUT2D eigenvalue weighted by atomic mass is 9.64. The molecule has 2 saturated carbocycles. The summed E-state index contributed by atoms with van der Waals surface area (Å²) in [5.74, 6) is -0.747. The second-order valence-electron chi connectivity index (χ2n) is 9.26. The predicted molar refractivity (Wildman–Crippen MR) is 119 cm³/mol. The van der Waals surface area contributed by atoms with Gasteiger partial charge in [-0.25, -0.2) is 4.79 Å². The molecule has 1 amide bonds. The maximum Gasteiger partial charge on any atom is 0.365 e. The quantitative estimate of drug-likeness (QED) is 0.405. The first-order valence-corrected chi connectivity index (χ1v) is 10.5. The first kappa shape index (κ1) is 21.7. The molecule has 2 aliphatic carbocycles. The van der Waals surface area contributed by atoms with Gasteiger partial charge in [-0.2, -0.15) is 0 Å². The zero-order valence-corrected chi connectivity index (χ0v) is 18.3. The number of carbonyl (C=O) groups excluding carboxylic acids is 2. The van der Waals surface area contributed by atoms with Crippen molar-refractivity contribution < 1.29 is 19.3 Å². The number of para-hydroxylation sites is 1. The van der Waals surface area contributed by atoms with Crippen molar-refractivity contribution in [1.29, 1.82) is 0 Å². The number of nitro groups is 1. The summed E-state index contributed by atoms with van der Waals surface area (Å²) in [6.07, 6.45) is 1.89. The molecule has 2 atom stereocenters. The number of hydrogen-bond donors (Lipinski definition) is 1. The van der Waals surface area contributed by atoms with Gasteiger partial charge in [-0.1, -0.05) is 44.1 Å². The van der Waals surface area contributed by atoms with E-state index in [1.54, 1.807) is 0 Å². The van der Waals surface area contributed by atoms with Crippen molar-refractivity contribution in [3.8, 4) is 0 Å². The summed E-state index contributed by atoms with van der Waals surface area (Å²) < 4.78 is 0. The lowest BCUT2D eigenvalue weighted by Crippen LogP contribution is -2.43. The van der Waals surface area contributed by atoms with Gasteiger partial charge in [0.2, 0.25) is 5.91 Å². The lowest BCUT2D eigenvalue weighted by molar-refractivity contribution is -0.384. The summed E-state index contributed by atoms with van der Waals surface area (Å²) in [5, 5.41) is 18.0. The SMILES string of the molecule is CC12CCC(C(=O)Nc3ccccc3)(CC1=NOC(=O)c1ccc([N+](=O)[O-])cc1)C2(C)C. The van der Waals surface area contributed by atoms with Gasteiger partial charge in [0.1, 0.15) is 0 Å². The Morgan fingerprint density at radius 3 is 2.31 bits per heavy atom. The number of non-ortho nitro benzene ring substituents is 1. The second-order valence-corrected chi connectivity index (χ2v) is 9.26. The van der Waals surface area contributed by atoms with E-state index < -0.39 is 27.1 Å². The third-order valence-electron chi connectivity index (χ3n) is 7.75. The molecule has 0 saturated heterocycles. The molecule has 1 N–H and O–H groups in total. The smallest absolute Gasteiger partial charge is 0.326 e. The summed E-state index contributed by atoms with van der Waals surface area (Å²) in [6.45, 7) is 6.21. The molecular weight excluding hydrogens is 410 g/mol. The molecule has 166 valence electrons. The molecule has 2 aliphatic rings. The van der Waals surface area contributed by atoms with E-state index in [0.717, 1.165) is 18.5 Å². The molecule has 2 aromatic rings. The molecule has 2 unspecified atom stereocenters. The third kappa shape index (κ3) is 3.18. The third-order valence-corrected chi connectivity index (χ3v) is 7.75. The van der Waals surface area contributed by atoms with Gasteiger partial charge >= 0.3 is 5.97 Å². The summed E-state index contributed by atoms with van der Waals surface area (Å²) in [7, 11) is 0. The summed E-state index contributed by atoms with van der Waals surface area (Å²) >= 11 is 0. The first-order chi connectivity index (χ1) is 15.1. The van der Waals surface area contributed by atoms with Crippen molar-refractivity contribution in [3.63, 3.8) is 0 Å². The number of nitro benzene ring substituents is 1. The Kier molecular flexibility index (Phi) is 5.11. The van der Waals surface area contributed by atoms with Crippen LogP contribution in [0.1, 0.15) is 50.4 Å². The molecule has 0 spiro atoms. The summed E-state index contributed by atoms with van der Waals surface area (Å²) in [6, 6.07) is 14.5. The van der Waals surface area contributed by atoms with Crippen LogP contribution in [0.4, 0.5) is 11.4 Å². The number of amides is 1. The van der Waals surface area contributed by atoms with E-state index in [-0.39, 0.29) is 17.2 Å². The highest BCUT2D eigenvalue weighted by molar-refractivity contribution is 6.06. The molecule has 2 fully saturated rings. The van der Waals surface area contributed by atoms with Gasteiger partial charge in [-0.05, 0) is 42.5 Å². The standard InChI is InChI=1S/C24H25N3O5/c1-22(2)23(3)13-14-24(22,21(29)25-17-7-5-4-6-8-17)15-19(23)26-32-20(28)16-9-11-18(12-10-16)27(30)31/h4-12H,13-15H2,1-3H3,(H,25,29). The molecule has 8 heteroatoms. The number of benzene rings is 2. The van der Waals surface area contributed by atoms with Gasteiger partial charge in [0.15, 0.2) is 0 Å². The lowest BCUT2D eigenvalue weighted by Gasteiger charge is -2.39. The van der Waals surface area contributed by atoms with Gasteiger partial charge in [-0.15, -0.1) is 0 Å². The number of rotatable bonds is 5. The fourth-order valence-electron chi connectivity index (χ4n) is 5.16. The average molecular weight is 435 g/mol. The van der Waals surface area contributed by atoms with Gasteiger partial charge < -0.3 is 10.2 Å². The van der Waals surface area contributed by atoms with Gasteiger partial charge in [-0.3, -0.25) is 14.9 Å². The number of carbonyl (C=O) groups is 2. The second kappa shape index (κ2) is 7.55. The predicted octanol–water partition coefficient (Wildman–Crippen LogP) is 4.96. The van der Waals surface area contributed by atoms with Crippen molar-refractivity contribution in [2.45, 2.75) is 40.0 Å².